The number of esters is 1. The van der Waals surface area contributed by atoms with E-state index in [9.17, 15) is 14.4 Å². The predicted octanol–water partition coefficient (Wildman–Crippen LogP) is -0.415. The Hall–Kier alpha value is -1.08. The molecule has 0 bridgehead atoms. The molecule has 0 unspecified atom stereocenters. The quantitative estimate of drug-likeness (QED) is 0.665. The molecule has 6 nitrogen and oxygen atoms in total. The molecule has 2 amide bonds. The Kier molecular flexibility index (Phi) is 3.15. The van der Waals surface area contributed by atoms with Crippen molar-refractivity contribution in [3.8, 4) is 0 Å². The van der Waals surface area contributed by atoms with Crippen molar-refractivity contribution in [3.63, 3.8) is 0 Å². The number of thioether (sulfide) groups is 1. The van der Waals surface area contributed by atoms with Crippen LogP contribution in [0.2, 0.25) is 0 Å². The van der Waals surface area contributed by atoms with Gasteiger partial charge in [0.2, 0.25) is 5.91 Å². The lowest BCUT2D eigenvalue weighted by atomic mass is 10.1. The molecule has 0 aromatic heterocycles. The number of imide groups is 1. The number of amides is 2. The summed E-state index contributed by atoms with van der Waals surface area (Å²) in [5.41, 5.74) is 0. The minimum absolute atomic E-state index is 0.174. The minimum Gasteiger partial charge on any atom is -0.468 e. The van der Waals surface area contributed by atoms with Crippen molar-refractivity contribution in [1.82, 2.24) is 10.2 Å². The van der Waals surface area contributed by atoms with E-state index < -0.39 is 6.04 Å². The molecule has 2 atom stereocenters. The van der Waals surface area contributed by atoms with Gasteiger partial charge >= 0.3 is 5.97 Å². The zero-order valence-corrected chi connectivity index (χ0v) is 9.58. The monoisotopic (exact) mass is 244 g/mol. The van der Waals surface area contributed by atoms with Gasteiger partial charge in [-0.25, -0.2) is 0 Å². The van der Waals surface area contributed by atoms with Crippen LogP contribution in [0.3, 0.4) is 0 Å². The van der Waals surface area contributed by atoms with E-state index in [1.54, 1.807) is 0 Å². The highest BCUT2D eigenvalue weighted by molar-refractivity contribution is 8.14. The average Bonchev–Trinajstić information content (AvgIpc) is 2.85. The Morgan fingerprint density at radius 2 is 2.31 bits per heavy atom. The summed E-state index contributed by atoms with van der Waals surface area (Å²) in [5, 5.41) is 2.73. The third kappa shape index (κ3) is 1.92. The lowest BCUT2D eigenvalue weighted by molar-refractivity contribution is -0.143. The number of hydrogen-bond acceptors (Lipinski definition) is 6. The van der Waals surface area contributed by atoms with E-state index in [0.717, 1.165) is 11.8 Å². The molecule has 2 heterocycles. The molecule has 2 rings (SSSR count). The van der Waals surface area contributed by atoms with Gasteiger partial charge in [0, 0.05) is 6.54 Å². The van der Waals surface area contributed by atoms with Crippen molar-refractivity contribution < 1.29 is 19.1 Å². The first-order valence-corrected chi connectivity index (χ1v) is 5.92. The maximum absolute atomic E-state index is 11.5. The summed E-state index contributed by atoms with van der Waals surface area (Å²) in [6.07, 6.45) is 0.435. The van der Waals surface area contributed by atoms with Gasteiger partial charge in [-0.3, -0.25) is 19.3 Å². The highest BCUT2D eigenvalue weighted by Crippen LogP contribution is 2.25. The second-order valence-corrected chi connectivity index (χ2v) is 4.62. The van der Waals surface area contributed by atoms with Crippen molar-refractivity contribution in [1.29, 1.82) is 0 Å². The van der Waals surface area contributed by atoms with Crippen LogP contribution in [0.4, 0.5) is 4.79 Å². The lowest BCUT2D eigenvalue weighted by Crippen LogP contribution is -2.40. The molecule has 0 saturated carbocycles. The first-order chi connectivity index (χ1) is 7.63. The summed E-state index contributed by atoms with van der Waals surface area (Å²) < 4.78 is 4.60. The molecule has 16 heavy (non-hydrogen) atoms. The molecule has 2 aliphatic heterocycles. The molecule has 0 aromatic rings. The first kappa shape index (κ1) is 11.4. The van der Waals surface area contributed by atoms with Crippen molar-refractivity contribution in [2.24, 2.45) is 0 Å². The smallest absolute Gasteiger partial charge is 0.322 e. The molecule has 0 aromatic carbocycles. The highest BCUT2D eigenvalue weighted by atomic mass is 32.2. The zero-order valence-electron chi connectivity index (χ0n) is 8.76. The number of carbonyl (C=O) groups is 3. The molecular weight excluding hydrogens is 232 g/mol. The molecule has 0 spiro atoms. The number of hydrogen-bond donors (Lipinski definition) is 1. The molecule has 2 aliphatic rings. The number of carbonyl (C=O) groups excluding carboxylic acids is 3. The largest absolute Gasteiger partial charge is 0.468 e. The molecule has 2 fully saturated rings. The predicted molar refractivity (Wildman–Crippen MR) is 56.9 cm³/mol. The molecule has 88 valence electrons. The van der Waals surface area contributed by atoms with Crippen LogP contribution in [0.5, 0.6) is 0 Å². The first-order valence-electron chi connectivity index (χ1n) is 4.93. The maximum Gasteiger partial charge on any atom is 0.322 e. The summed E-state index contributed by atoms with van der Waals surface area (Å²) in [6, 6.07) is -0.639. The molecule has 1 N–H and O–H groups in total. The van der Waals surface area contributed by atoms with Gasteiger partial charge in [-0.1, -0.05) is 11.8 Å². The summed E-state index contributed by atoms with van der Waals surface area (Å²) >= 11 is 1.01. The standard InChI is InChI=1S/C9H12N2O4S/c1-15-8(13)6-2-5(3-10-6)11-7(12)4-16-9(11)14/h5-6,10H,2-4H2,1H3/t5-,6+/m1/s1. The fourth-order valence-corrected chi connectivity index (χ4v) is 2.73. The van der Waals surface area contributed by atoms with Gasteiger partial charge in [0.1, 0.15) is 6.04 Å². The molecule has 7 heteroatoms. The summed E-state index contributed by atoms with van der Waals surface area (Å²) in [7, 11) is 1.32. The van der Waals surface area contributed by atoms with Crippen LogP contribution in [0, 0.1) is 0 Å². The molecule has 0 radical (unpaired) electrons. The Labute approximate surface area is 96.7 Å². The maximum atomic E-state index is 11.5. The van der Waals surface area contributed by atoms with E-state index in [4.69, 9.17) is 0 Å². The summed E-state index contributed by atoms with van der Waals surface area (Å²) in [4.78, 5) is 35.4. The number of ether oxygens (including phenoxy) is 1. The normalized spacial score (nSPS) is 29.9. The van der Waals surface area contributed by atoms with Gasteiger partial charge in [-0.15, -0.1) is 0 Å². The van der Waals surface area contributed by atoms with Crippen molar-refractivity contribution in [2.45, 2.75) is 18.5 Å². The topological polar surface area (TPSA) is 75.7 Å². The van der Waals surface area contributed by atoms with Crippen LogP contribution in [0.25, 0.3) is 0 Å². The number of nitrogens with zero attached hydrogens (tertiary/aromatic N) is 1. The Bertz CT molecular complexity index is 330. The van der Waals surface area contributed by atoms with E-state index in [2.05, 4.69) is 10.1 Å². The van der Waals surface area contributed by atoms with Gasteiger partial charge < -0.3 is 10.1 Å². The van der Waals surface area contributed by atoms with Crippen molar-refractivity contribution >= 4 is 28.9 Å². The average molecular weight is 244 g/mol. The lowest BCUT2D eigenvalue weighted by Gasteiger charge is -2.19. The van der Waals surface area contributed by atoms with Gasteiger partial charge in [-0.2, -0.15) is 0 Å². The van der Waals surface area contributed by atoms with E-state index in [1.807, 2.05) is 0 Å². The van der Waals surface area contributed by atoms with Crippen molar-refractivity contribution in [3.05, 3.63) is 0 Å². The third-order valence-electron chi connectivity index (χ3n) is 2.74. The van der Waals surface area contributed by atoms with Crippen LogP contribution in [0.1, 0.15) is 6.42 Å². The van der Waals surface area contributed by atoms with E-state index >= 15 is 0 Å². The second kappa shape index (κ2) is 4.42. The number of nitrogens with one attached hydrogen (secondary N) is 1. The van der Waals surface area contributed by atoms with Crippen LogP contribution in [-0.4, -0.2) is 53.5 Å². The molecular formula is C9H12N2O4S. The number of methoxy groups -OCH3 is 1. The number of rotatable bonds is 2. The minimum atomic E-state index is -0.416. The highest BCUT2D eigenvalue weighted by Gasteiger charge is 2.41. The summed E-state index contributed by atoms with van der Waals surface area (Å²) in [5.74, 6) is -0.320. The Morgan fingerprint density at radius 3 is 2.88 bits per heavy atom. The SMILES string of the molecule is COC(=O)[C@@H]1C[C@@H](N2C(=O)CSC2=O)CN1. The Morgan fingerprint density at radius 1 is 1.56 bits per heavy atom. The third-order valence-corrected chi connectivity index (χ3v) is 3.58. The summed E-state index contributed by atoms with van der Waals surface area (Å²) in [6.45, 7) is 0.456. The zero-order chi connectivity index (χ0) is 11.7. The van der Waals surface area contributed by atoms with Gasteiger partial charge in [0.15, 0.2) is 0 Å². The van der Waals surface area contributed by atoms with Crippen LogP contribution in [0.15, 0.2) is 0 Å². The van der Waals surface area contributed by atoms with E-state index in [-0.39, 0.29) is 28.9 Å². The van der Waals surface area contributed by atoms with Crippen molar-refractivity contribution in [2.75, 3.05) is 19.4 Å². The van der Waals surface area contributed by atoms with Crippen LogP contribution < -0.4 is 5.32 Å². The van der Waals surface area contributed by atoms with Gasteiger partial charge in [0.25, 0.3) is 5.24 Å². The van der Waals surface area contributed by atoms with Crippen LogP contribution in [-0.2, 0) is 14.3 Å². The van der Waals surface area contributed by atoms with E-state index in [1.165, 1.54) is 12.0 Å². The van der Waals surface area contributed by atoms with Crippen LogP contribution >= 0.6 is 11.8 Å². The van der Waals surface area contributed by atoms with E-state index in [0.29, 0.717) is 13.0 Å². The molecule has 2 saturated heterocycles. The van der Waals surface area contributed by atoms with Gasteiger partial charge in [-0.05, 0) is 6.42 Å². The molecule has 0 aliphatic carbocycles. The Balaban J connectivity index is 2.00. The second-order valence-electron chi connectivity index (χ2n) is 3.69. The van der Waals surface area contributed by atoms with Gasteiger partial charge in [0.05, 0.1) is 18.9 Å². The fraction of sp³-hybridized carbons (Fsp3) is 0.667. The fourth-order valence-electron chi connectivity index (χ4n) is 1.95.